The molecule has 1 atom stereocenters. The molecule has 0 aromatic heterocycles. The molecule has 5 rings (SSSR count). The van der Waals surface area contributed by atoms with Gasteiger partial charge in [0.15, 0.2) is 11.6 Å². The minimum Gasteiger partial charge on any atom is -0.317 e. The van der Waals surface area contributed by atoms with Crippen molar-refractivity contribution in [1.29, 1.82) is 0 Å². The zero-order chi connectivity index (χ0) is 29.4. The van der Waals surface area contributed by atoms with Gasteiger partial charge in [-0.15, -0.1) is 0 Å². The largest absolute Gasteiger partial charge is 0.317 e. The van der Waals surface area contributed by atoms with Crippen LogP contribution in [0.2, 0.25) is 5.02 Å². The zero-order valence-corrected chi connectivity index (χ0v) is 23.9. The number of carbonyl (C=O) groups excluding carboxylic acids is 3. The summed E-state index contributed by atoms with van der Waals surface area (Å²) in [6, 6.07) is 15.8. The van der Waals surface area contributed by atoms with Gasteiger partial charge in [0.1, 0.15) is 0 Å². The average Bonchev–Trinajstić information content (AvgIpc) is 3.44. The predicted molar refractivity (Wildman–Crippen MR) is 154 cm³/mol. The third-order valence-corrected chi connectivity index (χ3v) is 6.97. The summed E-state index contributed by atoms with van der Waals surface area (Å²) in [4.78, 5) is 38.5. The Morgan fingerprint density at radius 2 is 1.55 bits per heavy atom. The zero-order valence-electron chi connectivity index (χ0n) is 23.1. The molecule has 3 amide bonds. The summed E-state index contributed by atoms with van der Waals surface area (Å²) in [6.45, 7) is 11.1. The molecule has 0 saturated heterocycles. The number of nitrogens with zero attached hydrogens (tertiary/aromatic N) is 2. The summed E-state index contributed by atoms with van der Waals surface area (Å²) in [5.74, 6) is -2.87. The molecule has 2 aliphatic heterocycles. The first-order valence-corrected chi connectivity index (χ1v) is 13.8. The van der Waals surface area contributed by atoms with Gasteiger partial charge in [0.2, 0.25) is 0 Å². The van der Waals surface area contributed by atoms with E-state index < -0.39 is 17.5 Å². The second-order valence-electron chi connectivity index (χ2n) is 9.18. The van der Waals surface area contributed by atoms with Crippen molar-refractivity contribution >= 4 is 35.0 Å². The number of amides is 3. The Balaban J connectivity index is 0.000000206. The Kier molecular flexibility index (Phi) is 10.9. The van der Waals surface area contributed by atoms with Crippen LogP contribution in [-0.2, 0) is 0 Å². The van der Waals surface area contributed by atoms with E-state index in [0.717, 1.165) is 31.1 Å². The van der Waals surface area contributed by atoms with Crippen molar-refractivity contribution in [3.05, 3.63) is 99.6 Å². The molecular weight excluding hydrogens is 536 g/mol. The minimum atomic E-state index is -1.11. The molecule has 0 bridgehead atoms. The van der Waals surface area contributed by atoms with Crippen LogP contribution in [0.1, 0.15) is 76.7 Å². The van der Waals surface area contributed by atoms with Crippen molar-refractivity contribution in [3.8, 4) is 0 Å². The van der Waals surface area contributed by atoms with Crippen LogP contribution in [0.4, 0.5) is 14.5 Å². The number of anilines is 1. The van der Waals surface area contributed by atoms with E-state index in [9.17, 15) is 23.2 Å². The van der Waals surface area contributed by atoms with E-state index in [1.165, 1.54) is 21.9 Å². The number of nitrogens with one attached hydrogen (secondary N) is 1. The van der Waals surface area contributed by atoms with E-state index in [2.05, 4.69) is 19.2 Å². The van der Waals surface area contributed by atoms with Gasteiger partial charge in [-0.25, -0.2) is 8.78 Å². The van der Waals surface area contributed by atoms with Gasteiger partial charge in [-0.1, -0.05) is 50.6 Å². The number of carbonyl (C=O) groups is 3. The van der Waals surface area contributed by atoms with E-state index in [0.29, 0.717) is 34.9 Å². The quantitative estimate of drug-likeness (QED) is 0.348. The summed E-state index contributed by atoms with van der Waals surface area (Å²) in [6.07, 6.45) is 0.836. The summed E-state index contributed by atoms with van der Waals surface area (Å²) in [7, 11) is 0. The molecule has 1 unspecified atom stereocenters. The second kappa shape index (κ2) is 14.1. The first-order valence-electron chi connectivity index (χ1n) is 13.4. The van der Waals surface area contributed by atoms with Gasteiger partial charge in [0.05, 0.1) is 16.7 Å². The molecule has 40 heavy (non-hydrogen) atoms. The molecule has 0 spiro atoms. The van der Waals surface area contributed by atoms with Crippen molar-refractivity contribution in [1.82, 2.24) is 10.2 Å². The molecule has 2 aliphatic rings. The predicted octanol–water partition coefficient (Wildman–Crippen LogP) is 6.69. The van der Waals surface area contributed by atoms with Crippen LogP contribution in [0.25, 0.3) is 0 Å². The Morgan fingerprint density at radius 3 is 2.08 bits per heavy atom. The van der Waals surface area contributed by atoms with E-state index in [-0.39, 0.29) is 23.3 Å². The van der Waals surface area contributed by atoms with Gasteiger partial charge in [-0.2, -0.15) is 0 Å². The lowest BCUT2D eigenvalue weighted by Crippen LogP contribution is -2.30. The highest BCUT2D eigenvalue weighted by Gasteiger charge is 2.34. The fourth-order valence-corrected chi connectivity index (χ4v) is 4.83. The number of fused-ring (bicyclic) bond motifs is 2. The van der Waals surface area contributed by atoms with Crippen molar-refractivity contribution in [3.63, 3.8) is 0 Å². The Hall–Kier alpha value is -3.62. The van der Waals surface area contributed by atoms with Crippen LogP contribution in [0, 0.1) is 11.6 Å². The molecule has 3 aromatic rings. The van der Waals surface area contributed by atoms with Crippen molar-refractivity contribution in [2.75, 3.05) is 31.1 Å². The highest BCUT2D eigenvalue weighted by atomic mass is 35.5. The van der Waals surface area contributed by atoms with E-state index in [1.54, 1.807) is 43.3 Å². The SMILES string of the molecule is CCC1CN(C(=O)c2cccc(F)c2F)c2ccc(Cl)cc21.CCN1C(=O)c2ccccc2C1=O.CCNCC. The third kappa shape index (κ3) is 6.57. The first-order chi connectivity index (χ1) is 19.2. The molecule has 0 saturated carbocycles. The van der Waals surface area contributed by atoms with Crippen LogP contribution >= 0.6 is 11.6 Å². The number of benzene rings is 3. The number of rotatable bonds is 5. The van der Waals surface area contributed by atoms with Crippen LogP contribution < -0.4 is 10.2 Å². The highest BCUT2D eigenvalue weighted by molar-refractivity contribution is 6.30. The van der Waals surface area contributed by atoms with E-state index >= 15 is 0 Å². The Labute approximate surface area is 238 Å². The molecular formula is C31H34ClF2N3O3. The van der Waals surface area contributed by atoms with E-state index in [1.807, 2.05) is 13.0 Å². The average molecular weight is 570 g/mol. The molecule has 0 fully saturated rings. The lowest BCUT2D eigenvalue weighted by Gasteiger charge is -2.18. The Morgan fingerprint density at radius 1 is 0.925 bits per heavy atom. The molecule has 1 N–H and O–H groups in total. The monoisotopic (exact) mass is 569 g/mol. The summed E-state index contributed by atoms with van der Waals surface area (Å²) in [5, 5.41) is 3.71. The molecule has 0 aliphatic carbocycles. The minimum absolute atomic E-state index is 0.147. The topological polar surface area (TPSA) is 69.7 Å². The van der Waals surface area contributed by atoms with Gasteiger partial charge in [-0.05, 0) is 74.5 Å². The fourth-order valence-electron chi connectivity index (χ4n) is 4.65. The fraction of sp³-hybridized carbons (Fsp3) is 0.323. The Bertz CT molecular complexity index is 1340. The lowest BCUT2D eigenvalue weighted by molar-refractivity contribution is 0.0662. The van der Waals surface area contributed by atoms with E-state index in [4.69, 9.17) is 11.6 Å². The first kappa shape index (κ1) is 30.9. The van der Waals surface area contributed by atoms with Gasteiger partial charge < -0.3 is 10.2 Å². The standard InChI is InChI=1S/C17H14ClF2NO.C10H9NO2.C4H11N/c1-2-10-9-21(15-7-6-11(18)8-13(10)15)17(22)12-4-3-5-14(19)16(12)20;1-2-11-9(12)7-5-3-4-6-8(7)10(11)13;1-3-5-4-2/h3-8,10H,2,9H2,1H3;3-6H,2H2,1H3;5H,3-4H2,1-2H3. The summed E-state index contributed by atoms with van der Waals surface area (Å²) >= 11 is 6.02. The highest BCUT2D eigenvalue weighted by Crippen LogP contribution is 2.40. The second-order valence-corrected chi connectivity index (χ2v) is 9.62. The van der Waals surface area contributed by atoms with Crippen molar-refractivity contribution in [2.24, 2.45) is 0 Å². The van der Waals surface area contributed by atoms with Crippen molar-refractivity contribution < 1.29 is 23.2 Å². The molecule has 0 radical (unpaired) electrons. The maximum Gasteiger partial charge on any atom is 0.261 e. The number of imide groups is 1. The van der Waals surface area contributed by atoms with Crippen LogP contribution in [0.5, 0.6) is 0 Å². The number of halogens is 3. The third-order valence-electron chi connectivity index (χ3n) is 6.74. The smallest absolute Gasteiger partial charge is 0.261 e. The molecule has 2 heterocycles. The maximum atomic E-state index is 13.9. The van der Waals surface area contributed by atoms with Crippen LogP contribution in [0.3, 0.4) is 0 Å². The van der Waals surface area contributed by atoms with Crippen LogP contribution in [-0.4, -0.2) is 48.8 Å². The molecule has 3 aromatic carbocycles. The van der Waals surface area contributed by atoms with Gasteiger partial charge in [0, 0.05) is 29.7 Å². The normalized spacial score (nSPS) is 15.1. The van der Waals surface area contributed by atoms with Gasteiger partial charge in [-0.3, -0.25) is 19.3 Å². The molecule has 6 nitrogen and oxygen atoms in total. The summed E-state index contributed by atoms with van der Waals surface area (Å²) < 4.78 is 27.2. The van der Waals surface area contributed by atoms with Gasteiger partial charge in [0.25, 0.3) is 17.7 Å². The number of hydrogen-bond acceptors (Lipinski definition) is 4. The molecule has 9 heteroatoms. The number of hydrogen-bond donors (Lipinski definition) is 1. The molecule has 212 valence electrons. The maximum absolute atomic E-state index is 13.9. The van der Waals surface area contributed by atoms with Crippen LogP contribution in [0.15, 0.2) is 60.7 Å². The van der Waals surface area contributed by atoms with Crippen molar-refractivity contribution in [2.45, 2.75) is 40.0 Å². The lowest BCUT2D eigenvalue weighted by atomic mass is 9.99. The van der Waals surface area contributed by atoms with Gasteiger partial charge >= 0.3 is 0 Å². The summed E-state index contributed by atoms with van der Waals surface area (Å²) in [5.41, 5.74) is 2.48.